The minimum Gasteiger partial charge on any atom is -0.493 e. The van der Waals surface area contributed by atoms with Crippen LogP contribution in [0.15, 0.2) is 71.2 Å². The predicted molar refractivity (Wildman–Crippen MR) is 139 cm³/mol. The number of amides is 1. The highest BCUT2D eigenvalue weighted by atomic mass is 79.9. The number of ether oxygens (including phenoxy) is 2. The SMILES string of the molecule is CCCCc1ccc(NC(=O)/C=C/c2ccc(OCc3ccccc3C)c(OC)c2)c(Br)c1. The van der Waals surface area contributed by atoms with Gasteiger partial charge in [0.2, 0.25) is 5.91 Å². The molecule has 0 saturated carbocycles. The van der Waals surface area contributed by atoms with Gasteiger partial charge in [0.25, 0.3) is 0 Å². The van der Waals surface area contributed by atoms with Crippen LogP contribution >= 0.6 is 15.9 Å². The molecular formula is C28H30BrNO3. The van der Waals surface area contributed by atoms with Crippen LogP contribution in [0.25, 0.3) is 6.08 Å². The summed E-state index contributed by atoms with van der Waals surface area (Å²) in [5.74, 6) is 1.09. The van der Waals surface area contributed by atoms with E-state index in [1.54, 1.807) is 13.2 Å². The summed E-state index contributed by atoms with van der Waals surface area (Å²) in [6.07, 6.45) is 6.62. The average Bonchev–Trinajstić information content (AvgIpc) is 2.82. The number of nitrogens with one attached hydrogen (secondary N) is 1. The number of aryl methyl sites for hydroxylation is 2. The molecule has 5 heteroatoms. The van der Waals surface area contributed by atoms with Crippen LogP contribution in [0, 0.1) is 6.92 Å². The lowest BCUT2D eigenvalue weighted by Crippen LogP contribution is -2.08. The van der Waals surface area contributed by atoms with Gasteiger partial charge in [0, 0.05) is 10.5 Å². The lowest BCUT2D eigenvalue weighted by Gasteiger charge is -2.12. The van der Waals surface area contributed by atoms with Gasteiger partial charge in [-0.1, -0.05) is 49.7 Å². The summed E-state index contributed by atoms with van der Waals surface area (Å²) in [6, 6.07) is 19.8. The van der Waals surface area contributed by atoms with Crippen LogP contribution in [0.4, 0.5) is 5.69 Å². The fourth-order valence-electron chi connectivity index (χ4n) is 3.38. The third-order valence-electron chi connectivity index (χ3n) is 5.37. The summed E-state index contributed by atoms with van der Waals surface area (Å²) in [7, 11) is 1.61. The van der Waals surface area contributed by atoms with Gasteiger partial charge in [0.05, 0.1) is 12.8 Å². The molecule has 0 aliphatic rings. The Morgan fingerprint density at radius 3 is 2.61 bits per heavy atom. The maximum Gasteiger partial charge on any atom is 0.248 e. The first-order valence-corrected chi connectivity index (χ1v) is 11.9. The zero-order valence-electron chi connectivity index (χ0n) is 19.4. The zero-order chi connectivity index (χ0) is 23.6. The summed E-state index contributed by atoms with van der Waals surface area (Å²) < 4.78 is 12.3. The first-order chi connectivity index (χ1) is 16.0. The third kappa shape index (κ3) is 7.22. The van der Waals surface area contributed by atoms with Crippen molar-refractivity contribution in [2.45, 2.75) is 39.7 Å². The number of carbonyl (C=O) groups is 1. The molecule has 0 bridgehead atoms. The quantitative estimate of drug-likeness (QED) is 0.292. The van der Waals surface area contributed by atoms with Crippen molar-refractivity contribution in [1.29, 1.82) is 0 Å². The highest BCUT2D eigenvalue weighted by molar-refractivity contribution is 9.10. The van der Waals surface area contributed by atoms with Gasteiger partial charge in [-0.3, -0.25) is 4.79 Å². The van der Waals surface area contributed by atoms with Crippen LogP contribution in [0.2, 0.25) is 0 Å². The number of methoxy groups -OCH3 is 1. The average molecular weight is 508 g/mol. The molecule has 0 atom stereocenters. The number of anilines is 1. The number of rotatable bonds is 10. The van der Waals surface area contributed by atoms with E-state index in [-0.39, 0.29) is 5.91 Å². The highest BCUT2D eigenvalue weighted by Gasteiger charge is 2.08. The van der Waals surface area contributed by atoms with E-state index < -0.39 is 0 Å². The molecule has 0 unspecified atom stereocenters. The number of benzene rings is 3. The highest BCUT2D eigenvalue weighted by Crippen LogP contribution is 2.30. The van der Waals surface area contributed by atoms with Gasteiger partial charge in [-0.05, 0) is 88.3 Å². The van der Waals surface area contributed by atoms with Gasteiger partial charge in [-0.2, -0.15) is 0 Å². The standard InChI is InChI=1S/C28H30BrNO3/c1-4-5-9-21-11-14-25(24(29)17-21)30-28(31)16-13-22-12-15-26(27(18-22)32-3)33-19-23-10-7-6-8-20(23)2/h6-8,10-18H,4-5,9,19H2,1-3H3,(H,30,31)/b16-13+. The maximum absolute atomic E-state index is 12.4. The van der Waals surface area contributed by atoms with Gasteiger partial charge in [-0.25, -0.2) is 0 Å². The Bertz CT molecular complexity index is 1120. The molecule has 0 radical (unpaired) electrons. The van der Waals surface area contributed by atoms with E-state index in [0.29, 0.717) is 18.1 Å². The molecule has 172 valence electrons. The fourth-order valence-corrected chi connectivity index (χ4v) is 3.90. The molecule has 1 N–H and O–H groups in total. The molecule has 0 aromatic heterocycles. The molecule has 3 rings (SSSR count). The van der Waals surface area contributed by atoms with Crippen LogP contribution < -0.4 is 14.8 Å². The van der Waals surface area contributed by atoms with E-state index in [2.05, 4.69) is 59.4 Å². The van der Waals surface area contributed by atoms with E-state index in [1.165, 1.54) is 17.2 Å². The van der Waals surface area contributed by atoms with E-state index in [4.69, 9.17) is 9.47 Å². The summed E-state index contributed by atoms with van der Waals surface area (Å²) in [6.45, 7) is 4.71. The first-order valence-electron chi connectivity index (χ1n) is 11.1. The smallest absolute Gasteiger partial charge is 0.248 e. The van der Waals surface area contributed by atoms with Crippen molar-refractivity contribution < 1.29 is 14.3 Å². The Labute approximate surface area is 204 Å². The van der Waals surface area contributed by atoms with Crippen molar-refractivity contribution in [3.63, 3.8) is 0 Å². The van der Waals surface area contributed by atoms with Gasteiger partial charge in [-0.15, -0.1) is 0 Å². The molecule has 0 aliphatic heterocycles. The van der Waals surface area contributed by atoms with Gasteiger partial charge < -0.3 is 14.8 Å². The largest absolute Gasteiger partial charge is 0.493 e. The Balaban J connectivity index is 1.62. The first kappa shape index (κ1) is 24.6. The van der Waals surface area contributed by atoms with Crippen molar-refractivity contribution in [2.24, 2.45) is 0 Å². The van der Waals surface area contributed by atoms with Crippen LogP contribution in [0.3, 0.4) is 0 Å². The summed E-state index contributed by atoms with van der Waals surface area (Å²) >= 11 is 3.56. The second-order valence-corrected chi connectivity index (χ2v) is 8.72. The Hall–Kier alpha value is -3.05. The van der Waals surface area contributed by atoms with Crippen LogP contribution in [0.5, 0.6) is 11.5 Å². The van der Waals surface area contributed by atoms with Gasteiger partial charge in [0.15, 0.2) is 11.5 Å². The maximum atomic E-state index is 12.4. The van der Waals surface area contributed by atoms with Crippen LogP contribution in [-0.2, 0) is 17.8 Å². The van der Waals surface area contributed by atoms with E-state index in [9.17, 15) is 4.79 Å². The molecule has 1 amide bonds. The molecular weight excluding hydrogens is 478 g/mol. The fraction of sp³-hybridized carbons (Fsp3) is 0.250. The lowest BCUT2D eigenvalue weighted by atomic mass is 10.1. The van der Waals surface area contributed by atoms with Crippen LogP contribution in [0.1, 0.15) is 42.0 Å². The number of hydrogen-bond donors (Lipinski definition) is 1. The molecule has 4 nitrogen and oxygen atoms in total. The van der Waals surface area contributed by atoms with Crippen molar-refractivity contribution in [3.05, 3.63) is 93.5 Å². The van der Waals surface area contributed by atoms with E-state index in [1.807, 2.05) is 36.4 Å². The molecule has 3 aromatic rings. The predicted octanol–water partition coefficient (Wildman–Crippen LogP) is 7.34. The van der Waals surface area contributed by atoms with Gasteiger partial charge >= 0.3 is 0 Å². The third-order valence-corrected chi connectivity index (χ3v) is 6.03. The Morgan fingerprint density at radius 2 is 1.88 bits per heavy atom. The van der Waals surface area contributed by atoms with Crippen LogP contribution in [-0.4, -0.2) is 13.0 Å². The summed E-state index contributed by atoms with van der Waals surface area (Å²) in [4.78, 5) is 12.4. The van der Waals surface area contributed by atoms with Crippen molar-refractivity contribution in [3.8, 4) is 11.5 Å². The van der Waals surface area contributed by atoms with E-state index in [0.717, 1.165) is 40.5 Å². The van der Waals surface area contributed by atoms with Crippen molar-refractivity contribution in [1.82, 2.24) is 0 Å². The van der Waals surface area contributed by atoms with E-state index >= 15 is 0 Å². The molecule has 33 heavy (non-hydrogen) atoms. The Kier molecular flexibility index (Phi) is 9.14. The minimum absolute atomic E-state index is 0.198. The molecule has 0 spiro atoms. The lowest BCUT2D eigenvalue weighted by molar-refractivity contribution is -0.111. The minimum atomic E-state index is -0.198. The molecule has 0 aliphatic carbocycles. The second-order valence-electron chi connectivity index (χ2n) is 7.87. The number of unbranched alkanes of at least 4 members (excludes halogenated alkanes) is 1. The normalized spacial score (nSPS) is 10.9. The second kappa shape index (κ2) is 12.3. The van der Waals surface area contributed by atoms with Gasteiger partial charge in [0.1, 0.15) is 6.61 Å². The monoisotopic (exact) mass is 507 g/mol. The van der Waals surface area contributed by atoms with Crippen molar-refractivity contribution in [2.75, 3.05) is 12.4 Å². The number of hydrogen-bond acceptors (Lipinski definition) is 3. The zero-order valence-corrected chi connectivity index (χ0v) is 20.9. The molecule has 3 aromatic carbocycles. The molecule has 0 saturated heterocycles. The summed E-state index contributed by atoms with van der Waals surface area (Å²) in [5.41, 5.74) is 5.17. The number of carbonyl (C=O) groups excluding carboxylic acids is 1. The molecule has 0 fully saturated rings. The van der Waals surface area contributed by atoms with Crippen molar-refractivity contribution >= 4 is 33.6 Å². The number of halogens is 1. The Morgan fingerprint density at radius 1 is 1.06 bits per heavy atom. The topological polar surface area (TPSA) is 47.6 Å². The molecule has 0 heterocycles. The summed E-state index contributed by atoms with van der Waals surface area (Å²) in [5, 5.41) is 2.92.